The van der Waals surface area contributed by atoms with Crippen molar-refractivity contribution in [1.82, 2.24) is 10.3 Å². The first-order chi connectivity index (χ1) is 11.5. The van der Waals surface area contributed by atoms with E-state index in [1.165, 1.54) is 0 Å². The standard InChI is InChI=1S/C16H19BrN2O5/c1-18-4-12-13(14(17)15(19-12)16(23)24)9-3-2-8(5-20)10(6-21)11(9)7-22/h2-3,18-22H,4-7H2,1H3,(H,23,24). The molecule has 130 valence electrons. The molecule has 0 amide bonds. The SMILES string of the molecule is CNCc1[nH]c(C(=O)O)c(Br)c1-c1ccc(CO)c(CO)c1CO. The highest BCUT2D eigenvalue weighted by Gasteiger charge is 2.24. The number of aliphatic hydroxyl groups is 3. The summed E-state index contributed by atoms with van der Waals surface area (Å²) in [5.74, 6) is -1.11. The van der Waals surface area contributed by atoms with E-state index < -0.39 is 5.97 Å². The van der Waals surface area contributed by atoms with Gasteiger partial charge in [-0.05, 0) is 45.2 Å². The van der Waals surface area contributed by atoms with Crippen molar-refractivity contribution in [2.24, 2.45) is 0 Å². The van der Waals surface area contributed by atoms with E-state index in [0.29, 0.717) is 44.5 Å². The Bertz CT molecular complexity index is 757. The number of aromatic amines is 1. The predicted octanol–water partition coefficient (Wildman–Crippen LogP) is 1.34. The maximum Gasteiger partial charge on any atom is 0.353 e. The maximum absolute atomic E-state index is 11.4. The molecule has 2 rings (SSSR count). The number of carbonyl (C=O) groups is 1. The second kappa shape index (κ2) is 7.91. The quantitative estimate of drug-likeness (QED) is 0.417. The fourth-order valence-corrected chi connectivity index (χ4v) is 3.49. The van der Waals surface area contributed by atoms with Gasteiger partial charge in [0.1, 0.15) is 5.69 Å². The number of hydrogen-bond donors (Lipinski definition) is 6. The molecule has 0 saturated carbocycles. The smallest absolute Gasteiger partial charge is 0.353 e. The van der Waals surface area contributed by atoms with Crippen LogP contribution in [0.3, 0.4) is 0 Å². The Kier molecular flexibility index (Phi) is 6.14. The van der Waals surface area contributed by atoms with Crippen LogP contribution in [-0.2, 0) is 26.4 Å². The number of benzene rings is 1. The Morgan fingerprint density at radius 2 is 1.83 bits per heavy atom. The number of rotatable bonds is 7. The summed E-state index contributed by atoms with van der Waals surface area (Å²) in [4.78, 5) is 14.3. The summed E-state index contributed by atoms with van der Waals surface area (Å²) < 4.78 is 0.371. The Labute approximate surface area is 147 Å². The van der Waals surface area contributed by atoms with Gasteiger partial charge in [0.05, 0.1) is 24.3 Å². The van der Waals surface area contributed by atoms with Crippen molar-refractivity contribution in [1.29, 1.82) is 0 Å². The highest BCUT2D eigenvalue weighted by Crippen LogP contribution is 2.38. The molecule has 0 bridgehead atoms. The van der Waals surface area contributed by atoms with Gasteiger partial charge in [0.25, 0.3) is 0 Å². The molecule has 0 spiro atoms. The van der Waals surface area contributed by atoms with Gasteiger partial charge in [0.15, 0.2) is 0 Å². The van der Waals surface area contributed by atoms with Crippen molar-refractivity contribution in [3.05, 3.63) is 44.7 Å². The lowest BCUT2D eigenvalue weighted by Gasteiger charge is -2.16. The van der Waals surface area contributed by atoms with Gasteiger partial charge in [-0.2, -0.15) is 0 Å². The molecular formula is C16H19BrN2O5. The van der Waals surface area contributed by atoms with Crippen LogP contribution in [0.1, 0.15) is 32.9 Å². The molecule has 0 aliphatic heterocycles. The number of aromatic nitrogens is 1. The molecule has 2 aromatic rings. The van der Waals surface area contributed by atoms with Crippen LogP contribution in [-0.4, -0.2) is 38.4 Å². The molecule has 0 atom stereocenters. The first-order valence-corrected chi connectivity index (χ1v) is 8.04. The molecule has 1 heterocycles. The molecule has 7 nitrogen and oxygen atoms in total. The average Bonchev–Trinajstić information content (AvgIpc) is 2.90. The zero-order valence-corrected chi connectivity index (χ0v) is 14.6. The third kappa shape index (κ3) is 3.24. The van der Waals surface area contributed by atoms with E-state index in [4.69, 9.17) is 0 Å². The molecule has 1 aromatic carbocycles. The normalized spacial score (nSPS) is 11.0. The lowest BCUT2D eigenvalue weighted by Crippen LogP contribution is -2.08. The maximum atomic E-state index is 11.4. The van der Waals surface area contributed by atoms with Crippen LogP contribution in [0.15, 0.2) is 16.6 Å². The number of aliphatic hydroxyl groups excluding tert-OH is 3. The highest BCUT2D eigenvalue weighted by atomic mass is 79.9. The molecule has 1 aromatic heterocycles. The van der Waals surface area contributed by atoms with E-state index in [-0.39, 0.29) is 25.5 Å². The van der Waals surface area contributed by atoms with E-state index in [9.17, 15) is 25.2 Å². The van der Waals surface area contributed by atoms with Gasteiger partial charge in [0.2, 0.25) is 0 Å². The zero-order chi connectivity index (χ0) is 17.9. The van der Waals surface area contributed by atoms with Crippen LogP contribution in [0.25, 0.3) is 11.1 Å². The largest absolute Gasteiger partial charge is 0.477 e. The fourth-order valence-electron chi connectivity index (χ4n) is 2.76. The van der Waals surface area contributed by atoms with Gasteiger partial charge >= 0.3 is 5.97 Å². The van der Waals surface area contributed by atoms with E-state index in [2.05, 4.69) is 26.2 Å². The Morgan fingerprint density at radius 1 is 1.17 bits per heavy atom. The van der Waals surface area contributed by atoms with E-state index >= 15 is 0 Å². The van der Waals surface area contributed by atoms with Gasteiger partial charge in [-0.15, -0.1) is 0 Å². The first-order valence-electron chi connectivity index (χ1n) is 7.24. The second-order valence-corrected chi connectivity index (χ2v) is 6.00. The van der Waals surface area contributed by atoms with Crippen LogP contribution in [0.2, 0.25) is 0 Å². The summed E-state index contributed by atoms with van der Waals surface area (Å²) in [5, 5.41) is 41.1. The van der Waals surface area contributed by atoms with Gasteiger partial charge < -0.3 is 30.7 Å². The van der Waals surface area contributed by atoms with E-state index in [1.54, 1.807) is 19.2 Å². The molecule has 0 unspecified atom stereocenters. The van der Waals surface area contributed by atoms with Crippen LogP contribution in [0, 0.1) is 0 Å². The minimum absolute atomic E-state index is 0.0101. The first kappa shape index (κ1) is 18.6. The van der Waals surface area contributed by atoms with Gasteiger partial charge in [-0.25, -0.2) is 4.79 Å². The fraction of sp³-hybridized carbons (Fsp3) is 0.312. The summed E-state index contributed by atoms with van der Waals surface area (Å²) in [5.41, 5.74) is 3.26. The van der Waals surface area contributed by atoms with Crippen molar-refractivity contribution < 1.29 is 25.2 Å². The van der Waals surface area contributed by atoms with E-state index in [0.717, 1.165) is 0 Å². The van der Waals surface area contributed by atoms with Gasteiger partial charge in [-0.1, -0.05) is 12.1 Å². The number of aromatic carboxylic acids is 1. The molecule has 0 aliphatic carbocycles. The summed E-state index contributed by atoms with van der Waals surface area (Å²) in [7, 11) is 1.74. The van der Waals surface area contributed by atoms with Crippen LogP contribution in [0.4, 0.5) is 0 Å². The second-order valence-electron chi connectivity index (χ2n) is 5.21. The summed E-state index contributed by atoms with van der Waals surface area (Å²) in [6, 6.07) is 3.36. The summed E-state index contributed by atoms with van der Waals surface area (Å²) in [6.07, 6.45) is 0. The Morgan fingerprint density at radius 3 is 2.33 bits per heavy atom. The molecule has 0 saturated heterocycles. The molecule has 0 fully saturated rings. The Balaban J connectivity index is 2.78. The highest BCUT2D eigenvalue weighted by molar-refractivity contribution is 9.10. The monoisotopic (exact) mass is 398 g/mol. The number of nitrogens with one attached hydrogen (secondary N) is 2. The number of H-pyrrole nitrogens is 1. The minimum Gasteiger partial charge on any atom is -0.477 e. The molecule has 0 aliphatic rings. The zero-order valence-electron chi connectivity index (χ0n) is 13.1. The average molecular weight is 399 g/mol. The number of hydrogen-bond acceptors (Lipinski definition) is 5. The molecule has 8 heteroatoms. The third-order valence-corrected chi connectivity index (χ3v) is 4.66. The van der Waals surface area contributed by atoms with Crippen LogP contribution < -0.4 is 5.32 Å². The minimum atomic E-state index is -1.11. The number of halogens is 1. The van der Waals surface area contributed by atoms with Crippen molar-refractivity contribution in [3.8, 4) is 11.1 Å². The number of carboxylic acid groups (broad SMARTS) is 1. The molecular weight excluding hydrogens is 380 g/mol. The topological polar surface area (TPSA) is 126 Å². The van der Waals surface area contributed by atoms with Crippen LogP contribution in [0.5, 0.6) is 0 Å². The van der Waals surface area contributed by atoms with Crippen molar-refractivity contribution >= 4 is 21.9 Å². The lowest BCUT2D eigenvalue weighted by molar-refractivity contribution is 0.0690. The van der Waals surface area contributed by atoms with Crippen LogP contribution >= 0.6 is 15.9 Å². The molecule has 6 N–H and O–H groups in total. The van der Waals surface area contributed by atoms with Crippen molar-refractivity contribution in [3.63, 3.8) is 0 Å². The number of carboxylic acids is 1. The van der Waals surface area contributed by atoms with Gasteiger partial charge in [-0.3, -0.25) is 0 Å². The van der Waals surface area contributed by atoms with Gasteiger partial charge in [0, 0.05) is 17.8 Å². The molecule has 24 heavy (non-hydrogen) atoms. The molecule has 0 radical (unpaired) electrons. The lowest BCUT2D eigenvalue weighted by atomic mass is 9.92. The summed E-state index contributed by atoms with van der Waals surface area (Å²) >= 11 is 3.32. The predicted molar refractivity (Wildman–Crippen MR) is 91.4 cm³/mol. The van der Waals surface area contributed by atoms with E-state index in [1.807, 2.05) is 0 Å². The third-order valence-electron chi connectivity index (χ3n) is 3.87. The van der Waals surface area contributed by atoms with Crippen molar-refractivity contribution in [2.45, 2.75) is 26.4 Å². The summed E-state index contributed by atoms with van der Waals surface area (Å²) in [6.45, 7) is -0.559. The van der Waals surface area contributed by atoms with Crippen molar-refractivity contribution in [2.75, 3.05) is 7.05 Å². The Hall–Kier alpha value is -1.71.